The van der Waals surface area contributed by atoms with E-state index >= 15 is 0 Å². The Kier molecular flexibility index (Phi) is 59.0. The first-order valence-electron chi connectivity index (χ1n) is 29.3. The molecule has 0 fully saturated rings. The first-order valence-corrected chi connectivity index (χ1v) is 42.2. The van der Waals surface area contributed by atoms with Crippen LogP contribution in [0, 0.1) is 0 Å². The lowest BCUT2D eigenvalue weighted by atomic mass is 10.1. The zero-order valence-electron chi connectivity index (χ0n) is 46.6. The monoisotopic (exact) mass is 1140 g/mol. The van der Waals surface area contributed by atoms with E-state index in [4.69, 9.17) is 26.6 Å². The van der Waals surface area contributed by atoms with Gasteiger partial charge in [0.15, 0.2) is 0 Å². The molecule has 0 rings (SSSR count). The van der Waals surface area contributed by atoms with Crippen LogP contribution < -0.4 is 0 Å². The van der Waals surface area contributed by atoms with Gasteiger partial charge in [0.1, 0.15) is 0 Å². The minimum Gasteiger partial charge on any atom is -0.373 e. The SMILES string of the molecule is CCCCCCCCO[Si](CC(C)SSSSSSSC(C)C[Si](OCCCCCCCC)(OCCCCCCCC)OCCCCCCCC)(OCCCCCCCC)OCCCCCCCC. The van der Waals surface area contributed by atoms with E-state index in [9.17, 15) is 0 Å². The molecule has 0 aromatic carbocycles. The summed E-state index contributed by atoms with van der Waals surface area (Å²) in [5, 5.41) is 0.755. The van der Waals surface area contributed by atoms with Crippen LogP contribution in [-0.2, 0) is 26.6 Å². The molecule has 0 aliphatic carbocycles. The highest BCUT2D eigenvalue weighted by Crippen LogP contribution is 2.57. The summed E-state index contributed by atoms with van der Waals surface area (Å²) >= 11 is 0. The molecule has 15 heteroatoms. The summed E-state index contributed by atoms with van der Waals surface area (Å²) in [6, 6.07) is 1.75. The lowest BCUT2D eigenvalue weighted by molar-refractivity contribution is 0.0547. The zero-order chi connectivity index (χ0) is 50.5. The van der Waals surface area contributed by atoms with Gasteiger partial charge in [-0.25, -0.2) is 0 Å². The Balaban J connectivity index is 5.46. The van der Waals surface area contributed by atoms with Crippen LogP contribution in [0.15, 0.2) is 0 Å². The molecule has 0 N–H and O–H groups in total. The van der Waals surface area contributed by atoms with E-state index in [0.717, 1.165) is 90.3 Å². The van der Waals surface area contributed by atoms with Crippen molar-refractivity contribution in [3.63, 3.8) is 0 Å². The minimum absolute atomic E-state index is 0.377. The molecule has 2 atom stereocenters. The van der Waals surface area contributed by atoms with Gasteiger partial charge in [-0.05, 0) is 87.7 Å². The van der Waals surface area contributed by atoms with Crippen molar-refractivity contribution < 1.29 is 26.6 Å². The molecule has 0 spiro atoms. The van der Waals surface area contributed by atoms with Crippen molar-refractivity contribution in [2.24, 2.45) is 0 Å². The molecule has 0 aliphatic rings. The fraction of sp³-hybridized carbons (Fsp3) is 1.00. The zero-order valence-corrected chi connectivity index (χ0v) is 54.3. The minimum atomic E-state index is -2.84. The van der Waals surface area contributed by atoms with E-state index in [0.29, 0.717) is 10.5 Å². The van der Waals surface area contributed by atoms with E-state index < -0.39 is 17.6 Å². The smallest absolute Gasteiger partial charge is 0.373 e. The lowest BCUT2D eigenvalue weighted by Crippen LogP contribution is -2.48. The van der Waals surface area contributed by atoms with Crippen LogP contribution in [0.4, 0.5) is 0 Å². The lowest BCUT2D eigenvalue weighted by Gasteiger charge is -2.32. The summed E-state index contributed by atoms with van der Waals surface area (Å²) in [6.45, 7) is 23.0. The fourth-order valence-electron chi connectivity index (χ4n) is 8.24. The van der Waals surface area contributed by atoms with Gasteiger partial charge in [-0.15, -0.1) is 0 Å². The molecule has 0 aliphatic heterocycles. The van der Waals surface area contributed by atoms with E-state index in [1.165, 1.54) is 193 Å². The normalized spacial score (nSPS) is 13.2. The predicted molar refractivity (Wildman–Crippen MR) is 329 cm³/mol. The molecule has 0 saturated carbocycles. The van der Waals surface area contributed by atoms with Crippen molar-refractivity contribution >= 4 is 88.3 Å². The Morgan fingerprint density at radius 3 is 0.623 bits per heavy atom. The van der Waals surface area contributed by atoms with Gasteiger partial charge in [0, 0.05) is 62.2 Å². The Labute approximate surface area is 460 Å². The number of hydrogen-bond donors (Lipinski definition) is 0. The molecule has 416 valence electrons. The van der Waals surface area contributed by atoms with Crippen molar-refractivity contribution in [2.45, 2.75) is 309 Å². The first kappa shape index (κ1) is 71.6. The molecule has 0 bridgehead atoms. The third kappa shape index (κ3) is 48.7. The van der Waals surface area contributed by atoms with Crippen LogP contribution in [0.25, 0.3) is 0 Å². The van der Waals surface area contributed by atoms with E-state index in [2.05, 4.69) is 55.4 Å². The second-order valence-electron chi connectivity index (χ2n) is 19.6. The van der Waals surface area contributed by atoms with Crippen molar-refractivity contribution in [3.8, 4) is 0 Å². The highest BCUT2D eigenvalue weighted by atomic mass is 33.9. The second-order valence-corrected chi connectivity index (χ2v) is 36.9. The van der Waals surface area contributed by atoms with Gasteiger partial charge in [0.2, 0.25) is 0 Å². The average molecular weight is 1140 g/mol. The maximum Gasteiger partial charge on any atom is 0.502 e. The summed E-state index contributed by atoms with van der Waals surface area (Å²) < 4.78 is 41.2. The van der Waals surface area contributed by atoms with Crippen molar-refractivity contribution in [1.29, 1.82) is 0 Å². The maximum absolute atomic E-state index is 6.87. The standard InChI is InChI=1S/C54H114O6S7Si2/c1-9-15-21-27-33-39-45-55-68(56-46-40-34-28-22-16-10-2,57-47-41-35-29-23-17-11-3)51-53(7)61-63-65-67-66-64-62-54(8)52-69(58-48-42-36-30-24-18-12-4,59-49-43-37-31-25-19-13-5)60-50-44-38-32-26-20-14-6/h53-54H,9-52H2,1-8H3. The van der Waals surface area contributed by atoms with Crippen LogP contribution in [0.1, 0.15) is 287 Å². The van der Waals surface area contributed by atoms with Crippen LogP contribution in [0.3, 0.4) is 0 Å². The fourth-order valence-corrected chi connectivity index (χ4v) is 30.9. The summed E-state index contributed by atoms with van der Waals surface area (Å²) in [5.74, 6) is 0. The third-order valence-corrected chi connectivity index (χ3v) is 33.1. The van der Waals surface area contributed by atoms with Crippen molar-refractivity contribution in [1.82, 2.24) is 0 Å². The molecule has 69 heavy (non-hydrogen) atoms. The van der Waals surface area contributed by atoms with Gasteiger partial charge in [-0.3, -0.25) is 0 Å². The van der Waals surface area contributed by atoms with Gasteiger partial charge in [0.25, 0.3) is 0 Å². The number of rotatable bonds is 60. The first-order chi connectivity index (χ1) is 33.9. The van der Waals surface area contributed by atoms with Crippen molar-refractivity contribution in [3.05, 3.63) is 0 Å². The largest absolute Gasteiger partial charge is 0.502 e. The molecule has 0 amide bonds. The summed E-state index contributed by atoms with van der Waals surface area (Å²) in [4.78, 5) is 0. The van der Waals surface area contributed by atoms with Gasteiger partial charge >= 0.3 is 17.6 Å². The summed E-state index contributed by atoms with van der Waals surface area (Å²) in [6.07, 6.45) is 45.5. The molecule has 0 saturated heterocycles. The van der Waals surface area contributed by atoms with Crippen LogP contribution in [0.5, 0.6) is 0 Å². The highest BCUT2D eigenvalue weighted by Gasteiger charge is 2.44. The molecule has 6 nitrogen and oxygen atoms in total. The third-order valence-electron chi connectivity index (χ3n) is 12.5. The molecular weight excluding hydrogens is 1030 g/mol. The predicted octanol–water partition coefficient (Wildman–Crippen LogP) is 22.5. The van der Waals surface area contributed by atoms with Gasteiger partial charge < -0.3 is 26.6 Å². The molecule has 0 aromatic rings. The Morgan fingerprint density at radius 1 is 0.246 bits per heavy atom. The average Bonchev–Trinajstić information content (AvgIpc) is 3.34. The maximum atomic E-state index is 6.87. The second kappa shape index (κ2) is 56.8. The highest BCUT2D eigenvalue weighted by molar-refractivity contribution is 9.46. The Bertz CT molecular complexity index is 839. The van der Waals surface area contributed by atoms with Gasteiger partial charge in [0.05, 0.1) is 0 Å². The van der Waals surface area contributed by atoms with Crippen LogP contribution >= 0.6 is 70.7 Å². The number of hydrogen-bond acceptors (Lipinski definition) is 13. The molecule has 2 unspecified atom stereocenters. The van der Waals surface area contributed by atoms with E-state index in [1.54, 1.807) is 0 Å². The van der Waals surface area contributed by atoms with Gasteiger partial charge in [-0.2, -0.15) is 0 Å². The summed E-state index contributed by atoms with van der Waals surface area (Å²) in [5.41, 5.74) is 0. The summed E-state index contributed by atoms with van der Waals surface area (Å²) in [7, 11) is 7.65. The van der Waals surface area contributed by atoms with Crippen LogP contribution in [0.2, 0.25) is 12.1 Å². The quantitative estimate of drug-likeness (QED) is 0.0330. The van der Waals surface area contributed by atoms with E-state index in [-0.39, 0.29) is 0 Å². The molecule has 0 aromatic heterocycles. The number of unbranched alkanes of at least 4 members (excludes halogenated alkanes) is 30. The molecular formula is C54H114O6S7Si2. The molecule has 0 radical (unpaired) electrons. The van der Waals surface area contributed by atoms with Crippen molar-refractivity contribution in [2.75, 3.05) is 39.6 Å². The van der Waals surface area contributed by atoms with E-state index in [1.807, 2.05) is 70.7 Å². The Hall–Kier alpha value is 2.64. The van der Waals surface area contributed by atoms with Crippen LogP contribution in [-0.4, -0.2) is 67.8 Å². The van der Waals surface area contributed by atoms with Gasteiger partial charge in [-0.1, -0.05) is 270 Å². The molecule has 0 heterocycles. The topological polar surface area (TPSA) is 55.4 Å². The Morgan fingerprint density at radius 2 is 0.420 bits per heavy atom.